The molecule has 0 heterocycles. The number of rotatable bonds is 7. The van der Waals surface area contributed by atoms with Gasteiger partial charge >= 0.3 is 0 Å². The third kappa shape index (κ3) is 5.50. The van der Waals surface area contributed by atoms with Crippen LogP contribution in [0.4, 0.5) is 5.69 Å². The van der Waals surface area contributed by atoms with Crippen molar-refractivity contribution in [2.75, 3.05) is 11.9 Å². The molecule has 0 aromatic heterocycles. The number of hydrogen-bond acceptors (Lipinski definition) is 2. The lowest BCUT2D eigenvalue weighted by Crippen LogP contribution is -2.18. The Hall–Kier alpha value is -2.00. The van der Waals surface area contributed by atoms with Crippen LogP contribution in [0.3, 0.4) is 0 Å². The second kappa shape index (κ2) is 8.91. The highest BCUT2D eigenvalue weighted by Crippen LogP contribution is 2.32. The van der Waals surface area contributed by atoms with Crippen LogP contribution >= 0.6 is 11.6 Å². The molecule has 4 heteroatoms. The fraction of sp³-hybridized carbons (Fsp3) is 0.381. The first-order valence-electron chi connectivity index (χ1n) is 8.69. The standard InChI is InChI=1S/C21H26ClNO2/c1-14(2)18-6-5-7-19(15(3)4)21(18)23-20(24)12-13-25-17-10-8-16(22)9-11-17/h5-11,14-15H,12-13H2,1-4H3,(H,23,24). The van der Waals surface area contributed by atoms with E-state index in [-0.39, 0.29) is 5.91 Å². The van der Waals surface area contributed by atoms with Gasteiger partial charge in [0.05, 0.1) is 13.0 Å². The maximum Gasteiger partial charge on any atom is 0.227 e. The number of benzene rings is 2. The van der Waals surface area contributed by atoms with E-state index in [0.717, 1.165) is 16.8 Å². The second-order valence-corrected chi connectivity index (χ2v) is 7.16. The molecule has 0 aliphatic heterocycles. The van der Waals surface area contributed by atoms with Gasteiger partial charge in [-0.3, -0.25) is 4.79 Å². The average molecular weight is 360 g/mol. The fourth-order valence-corrected chi connectivity index (χ4v) is 2.82. The predicted molar refractivity (Wildman–Crippen MR) is 105 cm³/mol. The molecule has 0 atom stereocenters. The summed E-state index contributed by atoms with van der Waals surface area (Å²) < 4.78 is 5.61. The molecule has 3 nitrogen and oxygen atoms in total. The number of ether oxygens (including phenoxy) is 1. The molecule has 2 aromatic rings. The summed E-state index contributed by atoms with van der Waals surface area (Å²) in [6.07, 6.45) is 0.298. The lowest BCUT2D eigenvalue weighted by atomic mass is 9.92. The monoisotopic (exact) mass is 359 g/mol. The zero-order chi connectivity index (χ0) is 18.4. The first-order chi connectivity index (χ1) is 11.9. The van der Waals surface area contributed by atoms with Gasteiger partial charge < -0.3 is 10.1 Å². The number of nitrogens with one attached hydrogen (secondary N) is 1. The van der Waals surface area contributed by atoms with Gasteiger partial charge in [-0.25, -0.2) is 0 Å². The number of hydrogen-bond donors (Lipinski definition) is 1. The molecule has 2 rings (SSSR count). The van der Waals surface area contributed by atoms with Crippen molar-refractivity contribution in [1.82, 2.24) is 0 Å². The Balaban J connectivity index is 2.01. The maximum absolute atomic E-state index is 12.4. The predicted octanol–water partition coefficient (Wildman–Crippen LogP) is 5.99. The summed E-state index contributed by atoms with van der Waals surface area (Å²) >= 11 is 5.85. The Bertz CT molecular complexity index is 682. The molecule has 1 N–H and O–H groups in total. The van der Waals surface area contributed by atoms with Crippen molar-refractivity contribution in [3.8, 4) is 5.75 Å². The second-order valence-electron chi connectivity index (χ2n) is 6.72. The molecular formula is C21H26ClNO2. The van der Waals surface area contributed by atoms with E-state index in [0.29, 0.717) is 35.6 Å². The SMILES string of the molecule is CC(C)c1cccc(C(C)C)c1NC(=O)CCOc1ccc(Cl)cc1. The molecule has 0 saturated carbocycles. The van der Waals surface area contributed by atoms with Crippen LogP contribution in [-0.2, 0) is 4.79 Å². The highest BCUT2D eigenvalue weighted by atomic mass is 35.5. The molecule has 0 aliphatic carbocycles. The zero-order valence-electron chi connectivity index (χ0n) is 15.3. The fourth-order valence-electron chi connectivity index (χ4n) is 2.69. The van der Waals surface area contributed by atoms with E-state index in [1.165, 1.54) is 0 Å². The van der Waals surface area contributed by atoms with Crippen molar-refractivity contribution >= 4 is 23.2 Å². The van der Waals surface area contributed by atoms with E-state index < -0.39 is 0 Å². The number of para-hydroxylation sites is 1. The number of halogens is 1. The van der Waals surface area contributed by atoms with Gasteiger partial charge in [-0.1, -0.05) is 57.5 Å². The first kappa shape index (κ1) is 19.3. The first-order valence-corrected chi connectivity index (χ1v) is 9.07. The smallest absolute Gasteiger partial charge is 0.227 e. The van der Waals surface area contributed by atoms with Gasteiger partial charge in [0.25, 0.3) is 0 Å². The van der Waals surface area contributed by atoms with Gasteiger partial charge in [-0.05, 0) is 47.2 Å². The minimum Gasteiger partial charge on any atom is -0.493 e. The van der Waals surface area contributed by atoms with E-state index in [2.05, 4.69) is 51.2 Å². The minimum atomic E-state index is -0.0380. The van der Waals surface area contributed by atoms with Crippen molar-refractivity contribution in [2.24, 2.45) is 0 Å². The van der Waals surface area contributed by atoms with E-state index in [4.69, 9.17) is 16.3 Å². The van der Waals surface area contributed by atoms with E-state index in [9.17, 15) is 4.79 Å². The molecule has 0 unspecified atom stereocenters. The molecule has 0 fully saturated rings. The van der Waals surface area contributed by atoms with Gasteiger partial charge in [0.2, 0.25) is 5.91 Å². The molecule has 1 amide bonds. The average Bonchev–Trinajstić information content (AvgIpc) is 2.56. The molecule has 0 aliphatic rings. The van der Waals surface area contributed by atoms with Gasteiger partial charge in [0.15, 0.2) is 0 Å². The maximum atomic E-state index is 12.4. The molecule has 25 heavy (non-hydrogen) atoms. The van der Waals surface area contributed by atoms with Crippen LogP contribution in [0.5, 0.6) is 5.75 Å². The number of carbonyl (C=O) groups excluding carboxylic acids is 1. The van der Waals surface area contributed by atoms with E-state index in [1.54, 1.807) is 24.3 Å². The number of amides is 1. The molecular weight excluding hydrogens is 334 g/mol. The zero-order valence-corrected chi connectivity index (χ0v) is 16.1. The van der Waals surface area contributed by atoms with Crippen molar-refractivity contribution in [1.29, 1.82) is 0 Å². The van der Waals surface area contributed by atoms with Crippen molar-refractivity contribution in [3.63, 3.8) is 0 Å². The minimum absolute atomic E-state index is 0.0380. The third-order valence-electron chi connectivity index (χ3n) is 4.05. The summed E-state index contributed by atoms with van der Waals surface area (Å²) in [7, 11) is 0. The normalized spacial score (nSPS) is 11.0. The Labute approximate surface area is 155 Å². The van der Waals surface area contributed by atoms with Crippen LogP contribution in [0.15, 0.2) is 42.5 Å². The summed E-state index contributed by atoms with van der Waals surface area (Å²) in [5.74, 6) is 1.37. The van der Waals surface area contributed by atoms with Crippen LogP contribution in [0.2, 0.25) is 5.02 Å². The van der Waals surface area contributed by atoms with Crippen molar-refractivity contribution in [3.05, 3.63) is 58.6 Å². The topological polar surface area (TPSA) is 38.3 Å². The van der Waals surface area contributed by atoms with Crippen LogP contribution in [0, 0.1) is 0 Å². The van der Waals surface area contributed by atoms with Gasteiger partial charge in [-0.2, -0.15) is 0 Å². The molecule has 0 radical (unpaired) electrons. The Kier molecular flexibility index (Phi) is 6.89. The highest BCUT2D eigenvalue weighted by molar-refractivity contribution is 6.30. The lowest BCUT2D eigenvalue weighted by Gasteiger charge is -2.20. The van der Waals surface area contributed by atoms with Gasteiger partial charge in [0.1, 0.15) is 5.75 Å². The molecule has 0 saturated heterocycles. The van der Waals surface area contributed by atoms with Crippen molar-refractivity contribution in [2.45, 2.75) is 46.0 Å². The quantitative estimate of drug-likeness (QED) is 0.658. The Morgan fingerprint density at radius 1 is 1.00 bits per heavy atom. The Morgan fingerprint density at radius 3 is 2.08 bits per heavy atom. The summed E-state index contributed by atoms with van der Waals surface area (Å²) in [6, 6.07) is 13.3. The number of carbonyl (C=O) groups is 1. The van der Waals surface area contributed by atoms with Crippen LogP contribution < -0.4 is 10.1 Å². The molecule has 0 spiro atoms. The van der Waals surface area contributed by atoms with Crippen molar-refractivity contribution < 1.29 is 9.53 Å². The lowest BCUT2D eigenvalue weighted by molar-refractivity contribution is -0.116. The van der Waals surface area contributed by atoms with E-state index in [1.807, 2.05) is 0 Å². The molecule has 0 bridgehead atoms. The van der Waals surface area contributed by atoms with E-state index >= 15 is 0 Å². The molecule has 134 valence electrons. The van der Waals surface area contributed by atoms with Crippen LogP contribution in [0.1, 0.15) is 57.1 Å². The molecule has 2 aromatic carbocycles. The summed E-state index contributed by atoms with van der Waals surface area (Å²) in [6.45, 7) is 8.88. The summed E-state index contributed by atoms with van der Waals surface area (Å²) in [5, 5.41) is 3.76. The van der Waals surface area contributed by atoms with Gasteiger partial charge in [-0.15, -0.1) is 0 Å². The summed E-state index contributed by atoms with van der Waals surface area (Å²) in [5.41, 5.74) is 3.28. The highest BCUT2D eigenvalue weighted by Gasteiger charge is 2.15. The third-order valence-corrected chi connectivity index (χ3v) is 4.30. The number of anilines is 1. The Morgan fingerprint density at radius 2 is 1.56 bits per heavy atom. The van der Waals surface area contributed by atoms with Crippen LogP contribution in [-0.4, -0.2) is 12.5 Å². The van der Waals surface area contributed by atoms with Crippen LogP contribution in [0.25, 0.3) is 0 Å². The van der Waals surface area contributed by atoms with Gasteiger partial charge in [0, 0.05) is 10.7 Å². The summed E-state index contributed by atoms with van der Waals surface area (Å²) in [4.78, 5) is 12.4. The largest absolute Gasteiger partial charge is 0.493 e.